The molecular formula is C12H12N7O2S+. The van der Waals surface area contributed by atoms with E-state index in [2.05, 4.69) is 25.7 Å². The van der Waals surface area contributed by atoms with Gasteiger partial charge >= 0.3 is 10.8 Å². The van der Waals surface area contributed by atoms with Gasteiger partial charge in [-0.05, 0) is 28.9 Å². The van der Waals surface area contributed by atoms with Crippen molar-refractivity contribution in [1.82, 2.24) is 25.0 Å². The summed E-state index contributed by atoms with van der Waals surface area (Å²) in [6.07, 6.45) is 2.75. The molecule has 112 valence electrons. The average Bonchev–Trinajstić information content (AvgIpc) is 3.16. The molecule has 1 aromatic carbocycles. The lowest BCUT2D eigenvalue weighted by molar-refractivity contribution is -0.694. The number of para-hydroxylation sites is 1. The van der Waals surface area contributed by atoms with Crippen molar-refractivity contribution in [1.29, 1.82) is 0 Å². The molecule has 3 N–H and O–H groups in total. The highest BCUT2D eigenvalue weighted by Gasteiger charge is 2.18. The molecule has 3 rings (SSSR count). The van der Waals surface area contributed by atoms with Gasteiger partial charge in [0.15, 0.2) is 5.69 Å². The molecule has 2 heterocycles. The molecule has 1 amide bonds. The maximum atomic E-state index is 11.8. The number of aromatic amines is 2. The second-order valence-corrected chi connectivity index (χ2v) is 5.14. The Morgan fingerprint density at radius 1 is 1.36 bits per heavy atom. The molecule has 0 aliphatic heterocycles. The zero-order valence-corrected chi connectivity index (χ0v) is 12.1. The first-order valence-electron chi connectivity index (χ1n) is 6.29. The number of carbonyl (C=O) groups excluding carboxylic acids is 1. The number of benzene rings is 1. The molecule has 2 aromatic heterocycles. The van der Waals surface area contributed by atoms with E-state index in [1.807, 2.05) is 30.3 Å². The fraction of sp³-hybridized carbons (Fsp3) is 0.0833. The number of H-pyrrole nitrogens is 2. The van der Waals surface area contributed by atoms with Crippen LogP contribution >= 0.6 is 11.8 Å². The molecule has 0 radical (unpaired) electrons. The smallest absolute Gasteiger partial charge is 0.272 e. The number of carbonyl (C=O) groups is 1. The van der Waals surface area contributed by atoms with Gasteiger partial charge in [0, 0.05) is 0 Å². The van der Waals surface area contributed by atoms with Crippen LogP contribution in [0, 0.1) is 0 Å². The fourth-order valence-electron chi connectivity index (χ4n) is 1.74. The van der Waals surface area contributed by atoms with Crippen molar-refractivity contribution in [3.05, 3.63) is 53.5 Å². The van der Waals surface area contributed by atoms with Gasteiger partial charge in [-0.25, -0.2) is 9.89 Å². The average molecular weight is 318 g/mol. The van der Waals surface area contributed by atoms with Crippen LogP contribution in [0.5, 0.6) is 0 Å². The van der Waals surface area contributed by atoms with Gasteiger partial charge in [-0.15, -0.1) is 4.68 Å². The summed E-state index contributed by atoms with van der Waals surface area (Å²) in [5.41, 5.74) is 2.82. The minimum atomic E-state index is -0.502. The van der Waals surface area contributed by atoms with Crippen LogP contribution in [0.25, 0.3) is 5.69 Å². The number of hydrogen-bond donors (Lipinski definition) is 3. The molecule has 10 heteroatoms. The predicted octanol–water partition coefficient (Wildman–Crippen LogP) is -0.566. The van der Waals surface area contributed by atoms with Gasteiger partial charge in [-0.2, -0.15) is 14.9 Å². The summed E-state index contributed by atoms with van der Waals surface area (Å²) in [6.45, 7) is 0. The van der Waals surface area contributed by atoms with Gasteiger partial charge < -0.3 is 0 Å². The third kappa shape index (κ3) is 3.06. The van der Waals surface area contributed by atoms with E-state index in [0.29, 0.717) is 5.16 Å². The third-order valence-corrected chi connectivity index (χ3v) is 3.65. The van der Waals surface area contributed by atoms with Gasteiger partial charge in [0.1, 0.15) is 6.33 Å². The first kappa shape index (κ1) is 14.1. The van der Waals surface area contributed by atoms with Crippen molar-refractivity contribution < 1.29 is 9.48 Å². The molecule has 0 saturated carbocycles. The zero-order valence-electron chi connectivity index (χ0n) is 11.3. The largest absolute Gasteiger partial charge is 0.385 e. The number of aromatic nitrogens is 6. The SMILES string of the molecule is O=C(CSc1nc[nH][n+]1-c1ccccc1)Nn1cn[nH]c1=O. The van der Waals surface area contributed by atoms with Crippen molar-refractivity contribution in [2.75, 3.05) is 11.2 Å². The minimum absolute atomic E-state index is 0.106. The van der Waals surface area contributed by atoms with E-state index < -0.39 is 5.69 Å². The van der Waals surface area contributed by atoms with Gasteiger partial charge in [-0.1, -0.05) is 18.2 Å². The Kier molecular flexibility index (Phi) is 4.01. The van der Waals surface area contributed by atoms with Gasteiger partial charge in [0.25, 0.3) is 0 Å². The number of rotatable bonds is 5. The van der Waals surface area contributed by atoms with Crippen LogP contribution < -0.4 is 15.8 Å². The van der Waals surface area contributed by atoms with Crippen molar-refractivity contribution in [3.63, 3.8) is 0 Å². The maximum absolute atomic E-state index is 11.8. The minimum Gasteiger partial charge on any atom is -0.272 e. The van der Waals surface area contributed by atoms with Gasteiger partial charge in [0.2, 0.25) is 12.2 Å². The first-order chi connectivity index (χ1) is 10.7. The summed E-state index contributed by atoms with van der Waals surface area (Å²) in [5, 5.41) is 9.33. The second-order valence-electron chi connectivity index (χ2n) is 4.20. The molecule has 0 unspecified atom stereocenters. The highest BCUT2D eigenvalue weighted by molar-refractivity contribution is 7.99. The highest BCUT2D eigenvalue weighted by atomic mass is 32.2. The summed E-state index contributed by atoms with van der Waals surface area (Å²) in [5.74, 6) is -0.230. The summed E-state index contributed by atoms with van der Waals surface area (Å²) in [7, 11) is 0. The quantitative estimate of drug-likeness (QED) is 0.431. The lowest BCUT2D eigenvalue weighted by Crippen LogP contribution is -2.36. The zero-order chi connectivity index (χ0) is 15.4. The number of nitrogens with zero attached hydrogens (tertiary/aromatic N) is 4. The summed E-state index contributed by atoms with van der Waals surface area (Å²) in [6, 6.07) is 9.59. The standard InChI is InChI=1S/C12H11N7O2S/c20-10(17-18-8-14-16-11(18)21)6-22-12-13-7-15-19(12)9-4-2-1-3-5-9/h1-5,7-8H,6H2,(H2,16,17,20,21)/p+1. The normalized spacial score (nSPS) is 10.5. The van der Waals surface area contributed by atoms with Gasteiger partial charge in [0.05, 0.1) is 5.75 Å². The van der Waals surface area contributed by atoms with Crippen LogP contribution in [-0.4, -0.2) is 36.6 Å². The Hall–Kier alpha value is -2.88. The maximum Gasteiger partial charge on any atom is 0.385 e. The van der Waals surface area contributed by atoms with Crippen LogP contribution in [0.4, 0.5) is 0 Å². The predicted molar refractivity (Wildman–Crippen MR) is 78.1 cm³/mol. The molecule has 22 heavy (non-hydrogen) atoms. The monoisotopic (exact) mass is 318 g/mol. The topological polar surface area (TPSA) is 112 Å². The molecule has 9 nitrogen and oxygen atoms in total. The van der Waals surface area contributed by atoms with E-state index in [1.54, 1.807) is 11.0 Å². The number of thioether (sulfide) groups is 1. The van der Waals surface area contributed by atoms with Crippen LogP contribution in [0.3, 0.4) is 0 Å². The highest BCUT2D eigenvalue weighted by Crippen LogP contribution is 2.11. The van der Waals surface area contributed by atoms with E-state index in [9.17, 15) is 9.59 Å². The van der Waals surface area contributed by atoms with Crippen molar-refractivity contribution in [2.24, 2.45) is 0 Å². The van der Waals surface area contributed by atoms with Crippen LogP contribution in [0.15, 0.2) is 52.9 Å². The molecule has 0 saturated heterocycles. The van der Waals surface area contributed by atoms with Crippen LogP contribution in [0.2, 0.25) is 0 Å². The molecule has 0 bridgehead atoms. The Morgan fingerprint density at radius 2 is 2.18 bits per heavy atom. The number of amides is 1. The van der Waals surface area contributed by atoms with E-state index in [4.69, 9.17) is 0 Å². The molecule has 0 spiro atoms. The lowest BCUT2D eigenvalue weighted by atomic mass is 10.3. The Morgan fingerprint density at radius 3 is 2.91 bits per heavy atom. The Labute approximate surface area is 128 Å². The first-order valence-corrected chi connectivity index (χ1v) is 7.28. The van der Waals surface area contributed by atoms with Crippen LogP contribution in [0.1, 0.15) is 0 Å². The van der Waals surface area contributed by atoms with Crippen molar-refractivity contribution in [2.45, 2.75) is 5.16 Å². The van der Waals surface area contributed by atoms with E-state index >= 15 is 0 Å². The van der Waals surface area contributed by atoms with Gasteiger partial charge in [-0.3, -0.25) is 10.2 Å². The van der Waals surface area contributed by atoms with Crippen molar-refractivity contribution >= 4 is 17.7 Å². The molecule has 3 aromatic rings. The lowest BCUT2D eigenvalue weighted by Gasteiger charge is -2.01. The molecule has 0 aliphatic carbocycles. The van der Waals surface area contributed by atoms with E-state index in [-0.39, 0.29) is 11.7 Å². The second kappa shape index (κ2) is 6.26. The van der Waals surface area contributed by atoms with E-state index in [1.165, 1.54) is 18.1 Å². The third-order valence-electron chi connectivity index (χ3n) is 2.70. The molecule has 0 atom stereocenters. The molecule has 0 aliphatic rings. The molecule has 0 fully saturated rings. The summed E-state index contributed by atoms with van der Waals surface area (Å²) in [4.78, 5) is 27.2. The number of nitrogens with one attached hydrogen (secondary N) is 3. The fourth-order valence-corrected chi connectivity index (χ4v) is 2.48. The Balaban J connectivity index is 1.65. The molecular weight excluding hydrogens is 306 g/mol. The summed E-state index contributed by atoms with van der Waals surface area (Å²) < 4.78 is 2.75. The Bertz CT molecular complexity index is 823. The van der Waals surface area contributed by atoms with Crippen LogP contribution in [-0.2, 0) is 4.79 Å². The van der Waals surface area contributed by atoms with Crippen molar-refractivity contribution in [3.8, 4) is 5.69 Å². The van der Waals surface area contributed by atoms with E-state index in [0.717, 1.165) is 10.4 Å². The number of hydrogen-bond acceptors (Lipinski definition) is 5. The summed E-state index contributed by atoms with van der Waals surface area (Å²) >= 11 is 1.25.